The van der Waals surface area contributed by atoms with Crippen LogP contribution in [0.3, 0.4) is 0 Å². The van der Waals surface area contributed by atoms with Crippen molar-refractivity contribution in [3.05, 3.63) is 0 Å². The van der Waals surface area contributed by atoms with Crippen LogP contribution in [0.2, 0.25) is 0 Å². The minimum absolute atomic E-state index is 0.232. The number of hydrogen-bond acceptors (Lipinski definition) is 3. The topological polar surface area (TPSA) is 64.4 Å². The maximum absolute atomic E-state index is 11.9. The van der Waals surface area contributed by atoms with E-state index < -0.39 is 0 Å². The molecule has 4 heteroatoms. The summed E-state index contributed by atoms with van der Waals surface area (Å²) in [4.78, 5) is 11.9. The lowest BCUT2D eigenvalue weighted by molar-refractivity contribution is -0.122. The van der Waals surface area contributed by atoms with Gasteiger partial charge in [0.05, 0.1) is 0 Å². The van der Waals surface area contributed by atoms with Gasteiger partial charge in [-0.2, -0.15) is 0 Å². The summed E-state index contributed by atoms with van der Waals surface area (Å²) in [7, 11) is 0. The van der Waals surface area contributed by atoms with Gasteiger partial charge in [-0.25, -0.2) is 0 Å². The first-order valence-electron chi connectivity index (χ1n) is 7.82. The van der Waals surface area contributed by atoms with Gasteiger partial charge in [0, 0.05) is 26.2 Å². The van der Waals surface area contributed by atoms with Crippen LogP contribution in [0.5, 0.6) is 0 Å². The van der Waals surface area contributed by atoms with E-state index in [1.807, 2.05) is 0 Å². The van der Waals surface area contributed by atoms with Gasteiger partial charge in [0.2, 0.25) is 5.91 Å². The molecule has 1 unspecified atom stereocenters. The normalized spacial score (nSPS) is 31.3. The van der Waals surface area contributed by atoms with Crippen molar-refractivity contribution in [2.45, 2.75) is 44.9 Å². The van der Waals surface area contributed by atoms with Crippen LogP contribution >= 0.6 is 0 Å². The second-order valence-electron chi connectivity index (χ2n) is 6.19. The molecule has 3 N–H and O–H groups in total. The van der Waals surface area contributed by atoms with Crippen molar-refractivity contribution in [3.8, 4) is 0 Å². The van der Waals surface area contributed by atoms with Crippen molar-refractivity contribution in [1.82, 2.24) is 5.32 Å². The first-order chi connectivity index (χ1) is 9.28. The van der Waals surface area contributed by atoms with Crippen molar-refractivity contribution < 1.29 is 9.53 Å². The summed E-state index contributed by atoms with van der Waals surface area (Å²) in [5, 5.41) is 3.06. The summed E-state index contributed by atoms with van der Waals surface area (Å²) < 4.78 is 5.33. The lowest BCUT2D eigenvalue weighted by atomic mass is 9.80. The third-order valence-corrected chi connectivity index (χ3v) is 4.67. The molecule has 1 saturated carbocycles. The third-order valence-electron chi connectivity index (χ3n) is 4.67. The molecule has 2 fully saturated rings. The highest BCUT2D eigenvalue weighted by Gasteiger charge is 2.22. The van der Waals surface area contributed by atoms with E-state index >= 15 is 0 Å². The number of amides is 1. The van der Waals surface area contributed by atoms with Crippen LogP contribution in [-0.2, 0) is 9.53 Å². The summed E-state index contributed by atoms with van der Waals surface area (Å²) >= 11 is 0. The Morgan fingerprint density at radius 1 is 1.11 bits per heavy atom. The monoisotopic (exact) mass is 268 g/mol. The molecule has 1 amide bonds. The molecule has 0 aromatic heterocycles. The molecule has 0 bridgehead atoms. The molecular formula is C15H28N2O2. The Morgan fingerprint density at radius 2 is 1.84 bits per heavy atom. The number of carbonyl (C=O) groups is 1. The quantitative estimate of drug-likeness (QED) is 0.770. The Bertz CT molecular complexity index is 269. The lowest BCUT2D eigenvalue weighted by Crippen LogP contribution is -2.29. The van der Waals surface area contributed by atoms with Gasteiger partial charge in [-0.05, 0) is 62.8 Å². The Morgan fingerprint density at radius 3 is 2.47 bits per heavy atom. The summed E-state index contributed by atoms with van der Waals surface area (Å²) in [6, 6.07) is 0. The first kappa shape index (κ1) is 14.8. The van der Waals surface area contributed by atoms with Crippen molar-refractivity contribution in [1.29, 1.82) is 0 Å². The number of rotatable bonds is 6. The lowest BCUT2D eigenvalue weighted by Gasteiger charge is -2.27. The minimum Gasteiger partial charge on any atom is -0.381 e. The first-order valence-corrected chi connectivity index (χ1v) is 7.82. The Kier molecular flexibility index (Phi) is 6.11. The summed E-state index contributed by atoms with van der Waals surface area (Å²) in [6.07, 6.45) is 7.67. The largest absolute Gasteiger partial charge is 0.381 e. The van der Waals surface area contributed by atoms with Gasteiger partial charge in [0.1, 0.15) is 0 Å². The van der Waals surface area contributed by atoms with E-state index in [2.05, 4.69) is 5.32 Å². The number of nitrogens with two attached hydrogens (primary N) is 1. The molecule has 2 aliphatic rings. The SMILES string of the molecule is NCC1CCC(CC(=O)NCCC2CCOC2)CC1. The maximum Gasteiger partial charge on any atom is 0.220 e. The number of nitrogens with one attached hydrogen (secondary N) is 1. The molecule has 0 spiro atoms. The van der Waals surface area contributed by atoms with Crippen LogP contribution in [-0.4, -0.2) is 32.2 Å². The highest BCUT2D eigenvalue weighted by molar-refractivity contribution is 5.76. The second-order valence-corrected chi connectivity index (χ2v) is 6.19. The molecule has 19 heavy (non-hydrogen) atoms. The van der Waals surface area contributed by atoms with E-state index in [4.69, 9.17) is 10.5 Å². The van der Waals surface area contributed by atoms with Gasteiger partial charge in [0.25, 0.3) is 0 Å². The van der Waals surface area contributed by atoms with Crippen LogP contribution in [0.4, 0.5) is 0 Å². The molecule has 0 radical (unpaired) electrons. The van der Waals surface area contributed by atoms with Gasteiger partial charge in [0.15, 0.2) is 0 Å². The van der Waals surface area contributed by atoms with Crippen LogP contribution in [0.1, 0.15) is 44.9 Å². The van der Waals surface area contributed by atoms with E-state index in [-0.39, 0.29) is 5.91 Å². The molecule has 0 aromatic rings. The van der Waals surface area contributed by atoms with Gasteiger partial charge in [-0.3, -0.25) is 4.79 Å². The van der Waals surface area contributed by atoms with E-state index in [0.717, 1.165) is 39.1 Å². The Balaban J connectivity index is 1.54. The van der Waals surface area contributed by atoms with E-state index in [0.29, 0.717) is 24.2 Å². The fourth-order valence-electron chi connectivity index (χ4n) is 3.23. The molecular weight excluding hydrogens is 240 g/mol. The molecule has 1 aliphatic carbocycles. The number of carbonyl (C=O) groups excluding carboxylic acids is 1. The molecule has 110 valence electrons. The summed E-state index contributed by atoms with van der Waals surface area (Å²) in [6.45, 7) is 3.38. The van der Waals surface area contributed by atoms with Gasteiger partial charge >= 0.3 is 0 Å². The molecule has 1 heterocycles. The molecule has 0 aromatic carbocycles. The van der Waals surface area contributed by atoms with Crippen LogP contribution in [0.15, 0.2) is 0 Å². The zero-order valence-electron chi connectivity index (χ0n) is 11.9. The molecule has 1 saturated heterocycles. The molecule has 4 nitrogen and oxygen atoms in total. The zero-order valence-corrected chi connectivity index (χ0v) is 11.9. The predicted octanol–water partition coefficient (Wildman–Crippen LogP) is 1.68. The average molecular weight is 268 g/mol. The number of ether oxygens (including phenoxy) is 1. The Labute approximate surface area is 116 Å². The zero-order chi connectivity index (χ0) is 13.5. The van der Waals surface area contributed by atoms with Crippen molar-refractivity contribution in [3.63, 3.8) is 0 Å². The van der Waals surface area contributed by atoms with Crippen LogP contribution in [0.25, 0.3) is 0 Å². The minimum atomic E-state index is 0.232. The predicted molar refractivity (Wildman–Crippen MR) is 75.7 cm³/mol. The second kappa shape index (κ2) is 7.85. The van der Waals surface area contributed by atoms with Crippen molar-refractivity contribution in [2.75, 3.05) is 26.3 Å². The van der Waals surface area contributed by atoms with Gasteiger partial charge < -0.3 is 15.8 Å². The number of hydrogen-bond donors (Lipinski definition) is 2. The molecule has 1 atom stereocenters. The molecule has 2 rings (SSSR count). The standard InChI is InChI=1S/C15H28N2O2/c16-10-13-3-1-12(2-4-13)9-15(18)17-7-5-14-6-8-19-11-14/h12-14H,1-11,16H2,(H,17,18). The van der Waals surface area contributed by atoms with E-state index in [1.54, 1.807) is 0 Å². The van der Waals surface area contributed by atoms with Crippen LogP contribution in [0, 0.1) is 17.8 Å². The maximum atomic E-state index is 11.9. The Hall–Kier alpha value is -0.610. The van der Waals surface area contributed by atoms with Crippen molar-refractivity contribution in [2.24, 2.45) is 23.5 Å². The summed E-state index contributed by atoms with van der Waals surface area (Å²) in [5.41, 5.74) is 5.69. The fraction of sp³-hybridized carbons (Fsp3) is 0.933. The van der Waals surface area contributed by atoms with E-state index in [1.165, 1.54) is 25.7 Å². The van der Waals surface area contributed by atoms with E-state index in [9.17, 15) is 4.79 Å². The average Bonchev–Trinajstić information content (AvgIpc) is 2.93. The van der Waals surface area contributed by atoms with Gasteiger partial charge in [-0.1, -0.05) is 0 Å². The molecule has 1 aliphatic heterocycles. The third kappa shape index (κ3) is 5.11. The smallest absolute Gasteiger partial charge is 0.220 e. The van der Waals surface area contributed by atoms with Crippen molar-refractivity contribution >= 4 is 5.91 Å². The van der Waals surface area contributed by atoms with Gasteiger partial charge in [-0.15, -0.1) is 0 Å². The highest BCUT2D eigenvalue weighted by atomic mass is 16.5. The van der Waals surface area contributed by atoms with Crippen LogP contribution < -0.4 is 11.1 Å². The summed E-state index contributed by atoms with van der Waals surface area (Å²) in [5.74, 6) is 2.16. The fourth-order valence-corrected chi connectivity index (χ4v) is 3.23. The highest BCUT2D eigenvalue weighted by Crippen LogP contribution is 2.30.